The van der Waals surface area contributed by atoms with Gasteiger partial charge in [-0.2, -0.15) is 0 Å². The number of nitrogens with zero attached hydrogens (tertiary/aromatic N) is 3. The molecule has 1 atom stereocenters. The smallest absolute Gasteiger partial charge is 0.0945 e. The first-order valence-corrected chi connectivity index (χ1v) is 7.60. The molecule has 1 fully saturated rings. The van der Waals surface area contributed by atoms with Gasteiger partial charge < -0.3 is 9.30 Å². The van der Waals surface area contributed by atoms with Gasteiger partial charge in [0.25, 0.3) is 0 Å². The Morgan fingerprint density at radius 1 is 1.29 bits per heavy atom. The van der Waals surface area contributed by atoms with Crippen LogP contribution < -0.4 is 0 Å². The van der Waals surface area contributed by atoms with Gasteiger partial charge in [-0.15, -0.1) is 0 Å². The molecule has 4 nitrogen and oxygen atoms in total. The van der Waals surface area contributed by atoms with Gasteiger partial charge in [0.2, 0.25) is 0 Å². The highest BCUT2D eigenvalue weighted by molar-refractivity contribution is 5.15. The zero-order chi connectivity index (χ0) is 14.5. The maximum absolute atomic E-state index is 5.79. The van der Waals surface area contributed by atoms with Crippen molar-refractivity contribution in [3.8, 4) is 0 Å². The van der Waals surface area contributed by atoms with Gasteiger partial charge in [-0.1, -0.05) is 30.3 Å². The maximum Gasteiger partial charge on any atom is 0.0945 e. The molecule has 1 unspecified atom stereocenters. The second-order valence-electron chi connectivity index (χ2n) is 5.86. The molecule has 1 aliphatic heterocycles. The number of aromatic nitrogens is 2. The third kappa shape index (κ3) is 3.93. The van der Waals surface area contributed by atoms with Crippen LogP contribution in [0.4, 0.5) is 0 Å². The van der Waals surface area contributed by atoms with E-state index >= 15 is 0 Å². The molecule has 0 N–H and O–H groups in total. The Morgan fingerprint density at radius 3 is 2.90 bits per heavy atom. The van der Waals surface area contributed by atoms with Gasteiger partial charge in [-0.05, 0) is 17.9 Å². The number of rotatable bonds is 4. The van der Waals surface area contributed by atoms with Crippen LogP contribution in [0.2, 0.25) is 0 Å². The van der Waals surface area contributed by atoms with Crippen molar-refractivity contribution < 1.29 is 4.74 Å². The van der Waals surface area contributed by atoms with Crippen LogP contribution in [0.1, 0.15) is 11.3 Å². The Hall–Kier alpha value is -1.65. The molecule has 4 heteroatoms. The molecule has 0 amide bonds. The molecule has 0 bridgehead atoms. The van der Waals surface area contributed by atoms with E-state index in [9.17, 15) is 0 Å². The van der Waals surface area contributed by atoms with E-state index in [4.69, 9.17) is 4.74 Å². The topological polar surface area (TPSA) is 30.3 Å². The Balaban J connectivity index is 1.62. The number of imidazole rings is 1. The normalized spacial score (nSPS) is 20.3. The molecule has 0 radical (unpaired) electrons. The average molecular weight is 285 g/mol. The molecule has 3 rings (SSSR count). The van der Waals surface area contributed by atoms with Crippen molar-refractivity contribution in [2.24, 2.45) is 13.0 Å². The first kappa shape index (κ1) is 14.3. The van der Waals surface area contributed by atoms with Crippen LogP contribution in [0.15, 0.2) is 42.9 Å². The molecular formula is C17H23N3O. The first-order chi connectivity index (χ1) is 10.3. The third-order valence-corrected chi connectivity index (χ3v) is 4.09. The molecule has 21 heavy (non-hydrogen) atoms. The molecule has 1 aromatic heterocycles. The fourth-order valence-electron chi connectivity index (χ4n) is 2.93. The molecule has 1 saturated heterocycles. The monoisotopic (exact) mass is 285 g/mol. The summed E-state index contributed by atoms with van der Waals surface area (Å²) in [5, 5.41) is 0. The van der Waals surface area contributed by atoms with E-state index in [0.29, 0.717) is 5.92 Å². The number of benzene rings is 1. The lowest BCUT2D eigenvalue weighted by atomic mass is 9.99. The van der Waals surface area contributed by atoms with E-state index in [1.54, 1.807) is 0 Å². The Morgan fingerprint density at radius 2 is 2.14 bits per heavy atom. The first-order valence-electron chi connectivity index (χ1n) is 7.60. The summed E-state index contributed by atoms with van der Waals surface area (Å²) >= 11 is 0. The SMILES string of the molecule is Cn1cncc1CN1CCOCC(Cc2ccccc2)C1. The van der Waals surface area contributed by atoms with Gasteiger partial charge in [0, 0.05) is 32.9 Å². The van der Waals surface area contributed by atoms with Crippen LogP contribution in [0.25, 0.3) is 0 Å². The Kier molecular flexibility index (Phi) is 4.68. The van der Waals surface area contributed by atoms with Gasteiger partial charge in [-0.25, -0.2) is 4.98 Å². The summed E-state index contributed by atoms with van der Waals surface area (Å²) in [5.74, 6) is 0.558. The highest BCUT2D eigenvalue weighted by Gasteiger charge is 2.19. The summed E-state index contributed by atoms with van der Waals surface area (Å²) in [7, 11) is 2.05. The summed E-state index contributed by atoms with van der Waals surface area (Å²) < 4.78 is 7.89. The summed E-state index contributed by atoms with van der Waals surface area (Å²) in [4.78, 5) is 6.69. The maximum atomic E-state index is 5.79. The van der Waals surface area contributed by atoms with E-state index in [-0.39, 0.29) is 0 Å². The van der Waals surface area contributed by atoms with E-state index in [1.165, 1.54) is 11.3 Å². The Bertz CT molecular complexity index is 552. The van der Waals surface area contributed by atoms with E-state index in [0.717, 1.165) is 39.3 Å². The average Bonchev–Trinajstić information content (AvgIpc) is 2.76. The predicted molar refractivity (Wildman–Crippen MR) is 82.9 cm³/mol. The van der Waals surface area contributed by atoms with Gasteiger partial charge in [0.05, 0.1) is 25.2 Å². The summed E-state index contributed by atoms with van der Waals surface area (Å²) in [6, 6.07) is 10.7. The minimum absolute atomic E-state index is 0.558. The minimum Gasteiger partial charge on any atom is -0.380 e. The van der Waals surface area contributed by atoms with Crippen molar-refractivity contribution in [2.75, 3.05) is 26.3 Å². The largest absolute Gasteiger partial charge is 0.380 e. The zero-order valence-corrected chi connectivity index (χ0v) is 12.6. The van der Waals surface area contributed by atoms with Crippen LogP contribution in [0.3, 0.4) is 0 Å². The lowest BCUT2D eigenvalue weighted by Crippen LogP contribution is -2.31. The molecule has 2 heterocycles. The quantitative estimate of drug-likeness (QED) is 0.862. The van der Waals surface area contributed by atoms with Crippen molar-refractivity contribution in [1.82, 2.24) is 14.5 Å². The van der Waals surface area contributed by atoms with Gasteiger partial charge >= 0.3 is 0 Å². The van der Waals surface area contributed by atoms with Crippen molar-refractivity contribution in [2.45, 2.75) is 13.0 Å². The predicted octanol–water partition coefficient (Wildman–Crippen LogP) is 2.11. The molecule has 2 aromatic rings. The van der Waals surface area contributed by atoms with Gasteiger partial charge in [0.1, 0.15) is 0 Å². The summed E-state index contributed by atoms with van der Waals surface area (Å²) in [5.41, 5.74) is 2.66. The highest BCUT2D eigenvalue weighted by Crippen LogP contribution is 2.15. The van der Waals surface area contributed by atoms with Crippen LogP contribution in [0.5, 0.6) is 0 Å². The van der Waals surface area contributed by atoms with Crippen molar-refractivity contribution in [1.29, 1.82) is 0 Å². The molecular weight excluding hydrogens is 262 g/mol. The van der Waals surface area contributed by atoms with Crippen LogP contribution in [-0.4, -0.2) is 40.8 Å². The van der Waals surface area contributed by atoms with Crippen molar-refractivity contribution >= 4 is 0 Å². The fourth-order valence-corrected chi connectivity index (χ4v) is 2.93. The number of ether oxygens (including phenoxy) is 1. The fraction of sp³-hybridized carbons (Fsp3) is 0.471. The van der Waals surface area contributed by atoms with Crippen molar-refractivity contribution in [3.63, 3.8) is 0 Å². The third-order valence-electron chi connectivity index (χ3n) is 4.09. The van der Waals surface area contributed by atoms with E-state index in [2.05, 4.69) is 51.8 Å². The van der Waals surface area contributed by atoms with E-state index in [1.807, 2.05) is 12.5 Å². The van der Waals surface area contributed by atoms with E-state index < -0.39 is 0 Å². The zero-order valence-electron chi connectivity index (χ0n) is 12.6. The van der Waals surface area contributed by atoms with Gasteiger partial charge in [-0.3, -0.25) is 4.90 Å². The molecule has 112 valence electrons. The number of hydrogen-bond acceptors (Lipinski definition) is 3. The summed E-state index contributed by atoms with van der Waals surface area (Å²) in [6.07, 6.45) is 4.91. The minimum atomic E-state index is 0.558. The molecule has 1 aliphatic rings. The van der Waals surface area contributed by atoms with Crippen LogP contribution in [-0.2, 0) is 24.8 Å². The molecule has 1 aromatic carbocycles. The number of aryl methyl sites for hydroxylation is 1. The lowest BCUT2D eigenvalue weighted by Gasteiger charge is -2.23. The van der Waals surface area contributed by atoms with Crippen LogP contribution >= 0.6 is 0 Å². The molecule has 0 spiro atoms. The lowest BCUT2D eigenvalue weighted by molar-refractivity contribution is 0.121. The van der Waals surface area contributed by atoms with Gasteiger partial charge in [0.15, 0.2) is 0 Å². The Labute approximate surface area is 126 Å². The number of hydrogen-bond donors (Lipinski definition) is 0. The highest BCUT2D eigenvalue weighted by atomic mass is 16.5. The van der Waals surface area contributed by atoms with Crippen molar-refractivity contribution in [3.05, 3.63) is 54.1 Å². The molecule has 0 saturated carbocycles. The molecule has 0 aliphatic carbocycles. The standard InChI is InChI=1S/C17H23N3O/c1-19-14-18-10-17(19)12-20-7-8-21-13-16(11-20)9-15-5-3-2-4-6-15/h2-6,10,14,16H,7-9,11-13H2,1H3. The second kappa shape index (κ2) is 6.87. The summed E-state index contributed by atoms with van der Waals surface area (Å²) in [6.45, 7) is 4.71. The second-order valence-corrected chi connectivity index (χ2v) is 5.86. The van der Waals surface area contributed by atoms with Crippen LogP contribution in [0, 0.1) is 5.92 Å².